The number of fused-ring (bicyclic) bond motifs is 7. The number of nitrogens with zero attached hydrogens (tertiary/aromatic N) is 1. The highest BCUT2D eigenvalue weighted by Gasteiger charge is 2.81. The number of rotatable bonds is 5. The fourth-order valence-corrected chi connectivity index (χ4v) is 7.95. The average molecular weight is 558 g/mol. The van der Waals surface area contributed by atoms with Crippen LogP contribution in [0.5, 0.6) is 17.2 Å². The first kappa shape index (κ1) is 25.5. The van der Waals surface area contributed by atoms with Crippen LogP contribution in [-0.4, -0.2) is 56.4 Å². The second kappa shape index (κ2) is 8.78. The Bertz CT molecular complexity index is 1630. The molecule has 41 heavy (non-hydrogen) atoms. The number of nitrogens with one attached hydrogen (secondary N) is 2. The van der Waals surface area contributed by atoms with Gasteiger partial charge in [0.1, 0.15) is 16.8 Å². The first-order valence-corrected chi connectivity index (χ1v) is 13.5. The third kappa shape index (κ3) is 2.95. The summed E-state index contributed by atoms with van der Waals surface area (Å²) in [6.45, 7) is 0.463. The van der Waals surface area contributed by atoms with Crippen molar-refractivity contribution in [1.82, 2.24) is 4.90 Å². The van der Waals surface area contributed by atoms with Gasteiger partial charge in [0.2, 0.25) is 11.7 Å². The van der Waals surface area contributed by atoms with Crippen LogP contribution in [0.3, 0.4) is 0 Å². The van der Waals surface area contributed by atoms with Crippen LogP contribution in [0.2, 0.25) is 0 Å². The van der Waals surface area contributed by atoms with Gasteiger partial charge >= 0.3 is 0 Å². The monoisotopic (exact) mass is 557 g/mol. The molecule has 0 aliphatic carbocycles. The number of anilines is 2. The third-order valence-electron chi connectivity index (χ3n) is 9.29. The lowest BCUT2D eigenvalue weighted by molar-refractivity contribution is -0.137. The number of carbonyl (C=O) groups is 3. The van der Waals surface area contributed by atoms with Crippen LogP contribution in [-0.2, 0) is 20.5 Å². The van der Waals surface area contributed by atoms with Crippen LogP contribution in [0.1, 0.15) is 34.3 Å². The number of ether oxygens (including phenoxy) is 3. The van der Waals surface area contributed by atoms with E-state index in [1.54, 1.807) is 36.4 Å². The summed E-state index contributed by atoms with van der Waals surface area (Å²) in [5, 5.41) is 5.90. The minimum Gasteiger partial charge on any atom is -0.493 e. The summed E-state index contributed by atoms with van der Waals surface area (Å²) < 4.78 is 31.5. The first-order chi connectivity index (χ1) is 19.8. The number of methoxy groups -OCH3 is 3. The molecule has 3 aromatic carbocycles. The van der Waals surface area contributed by atoms with Crippen LogP contribution >= 0.6 is 0 Å². The van der Waals surface area contributed by atoms with Crippen molar-refractivity contribution in [3.63, 3.8) is 0 Å². The van der Waals surface area contributed by atoms with E-state index < -0.39 is 40.5 Å². The average Bonchev–Trinajstić information content (AvgIpc) is 3.70. The van der Waals surface area contributed by atoms with Gasteiger partial charge in [-0.3, -0.25) is 19.3 Å². The molecular weight excluding hydrogens is 529 g/mol. The summed E-state index contributed by atoms with van der Waals surface area (Å²) in [5.74, 6) is -1.86. The number of benzene rings is 3. The van der Waals surface area contributed by atoms with Crippen LogP contribution in [0.25, 0.3) is 0 Å². The van der Waals surface area contributed by atoms with Gasteiger partial charge in [0.15, 0.2) is 17.3 Å². The molecule has 4 aliphatic rings. The van der Waals surface area contributed by atoms with Crippen molar-refractivity contribution in [2.75, 3.05) is 38.5 Å². The van der Waals surface area contributed by atoms with Crippen LogP contribution in [0, 0.1) is 11.7 Å². The lowest BCUT2D eigenvalue weighted by Crippen LogP contribution is -2.62. The van der Waals surface area contributed by atoms with Crippen molar-refractivity contribution in [3.8, 4) is 17.2 Å². The van der Waals surface area contributed by atoms with Gasteiger partial charge in [-0.25, -0.2) is 4.39 Å². The van der Waals surface area contributed by atoms with Crippen LogP contribution < -0.4 is 24.8 Å². The molecule has 4 atom stereocenters. The molecule has 3 aromatic rings. The van der Waals surface area contributed by atoms with Gasteiger partial charge in [0, 0.05) is 28.5 Å². The van der Waals surface area contributed by atoms with Crippen molar-refractivity contribution in [3.05, 3.63) is 77.1 Å². The molecule has 0 radical (unpaired) electrons. The molecule has 10 heteroatoms. The quantitative estimate of drug-likeness (QED) is 0.459. The zero-order chi connectivity index (χ0) is 28.7. The standard InChI is InChI=1S/C31H28FN3O6/c1-39-23-13-16(14-24(40-2)27(23)41-3)26(36)25-22-9-6-12-35(22)31(19-15-17(32)10-11-21(19)34-29(31)38)30(25)18-7-4-5-8-20(18)33-28(30)37/h4-5,7-8,10-11,13-15,22,25H,6,9,12H2,1-3H3,(H,33,37)(H,34,38)/t22-,25-,30+,31-/m0/s1. The highest BCUT2D eigenvalue weighted by Crippen LogP contribution is 2.68. The topological polar surface area (TPSA) is 106 Å². The molecule has 2 spiro atoms. The minimum atomic E-state index is -1.69. The zero-order valence-electron chi connectivity index (χ0n) is 22.7. The fourth-order valence-electron chi connectivity index (χ4n) is 7.95. The molecule has 7 rings (SSSR count). The van der Waals surface area contributed by atoms with E-state index in [2.05, 4.69) is 10.6 Å². The highest BCUT2D eigenvalue weighted by molar-refractivity contribution is 6.21. The molecule has 4 aliphatic heterocycles. The third-order valence-corrected chi connectivity index (χ3v) is 9.29. The first-order valence-electron chi connectivity index (χ1n) is 13.5. The van der Waals surface area contributed by atoms with Crippen molar-refractivity contribution in [1.29, 1.82) is 0 Å². The minimum absolute atomic E-state index is 0.253. The predicted octanol–water partition coefficient (Wildman–Crippen LogP) is 3.87. The van der Waals surface area contributed by atoms with E-state index in [0.29, 0.717) is 59.1 Å². The van der Waals surface area contributed by atoms with E-state index in [1.165, 1.54) is 39.5 Å². The van der Waals surface area contributed by atoms with Crippen LogP contribution in [0.15, 0.2) is 54.6 Å². The second-order valence-electron chi connectivity index (χ2n) is 10.8. The maximum Gasteiger partial charge on any atom is 0.251 e. The molecule has 0 bridgehead atoms. The second-order valence-corrected chi connectivity index (χ2v) is 10.8. The number of ketones is 1. The Balaban J connectivity index is 1.55. The molecule has 210 valence electrons. The summed E-state index contributed by atoms with van der Waals surface area (Å²) in [5.41, 5.74) is -1.22. The lowest BCUT2D eigenvalue weighted by atomic mass is 9.57. The van der Waals surface area contributed by atoms with Gasteiger partial charge in [-0.15, -0.1) is 0 Å². The maximum absolute atomic E-state index is 14.9. The predicted molar refractivity (Wildman–Crippen MR) is 147 cm³/mol. The molecule has 0 aromatic heterocycles. The number of amides is 2. The maximum atomic E-state index is 14.9. The van der Waals surface area contributed by atoms with E-state index in [4.69, 9.17) is 14.2 Å². The molecule has 4 heterocycles. The highest BCUT2D eigenvalue weighted by atomic mass is 19.1. The normalized spacial score (nSPS) is 27.4. The number of para-hydroxylation sites is 1. The Labute approximate surface area is 235 Å². The summed E-state index contributed by atoms with van der Waals surface area (Å²) >= 11 is 0. The summed E-state index contributed by atoms with van der Waals surface area (Å²) in [7, 11) is 4.40. The summed E-state index contributed by atoms with van der Waals surface area (Å²) in [6, 6.07) is 13.9. The van der Waals surface area contributed by atoms with Crippen molar-refractivity contribution >= 4 is 29.0 Å². The van der Waals surface area contributed by atoms with Gasteiger partial charge < -0.3 is 24.8 Å². The fraction of sp³-hybridized carbons (Fsp3) is 0.323. The van der Waals surface area contributed by atoms with Gasteiger partial charge in [0.05, 0.1) is 27.2 Å². The summed E-state index contributed by atoms with van der Waals surface area (Å²) in [4.78, 5) is 45.8. The Kier molecular flexibility index (Phi) is 5.46. The van der Waals surface area contributed by atoms with Gasteiger partial charge in [-0.05, 0) is 61.3 Å². The Morgan fingerprint density at radius 1 is 0.902 bits per heavy atom. The van der Waals surface area contributed by atoms with E-state index in [1.807, 2.05) is 4.90 Å². The Hall–Kier alpha value is -4.44. The van der Waals surface area contributed by atoms with E-state index in [0.717, 1.165) is 0 Å². The number of hydrogen-bond acceptors (Lipinski definition) is 7. The van der Waals surface area contributed by atoms with Gasteiger partial charge in [-0.2, -0.15) is 0 Å². The smallest absolute Gasteiger partial charge is 0.251 e. The largest absolute Gasteiger partial charge is 0.493 e. The molecule has 9 nitrogen and oxygen atoms in total. The molecule has 2 fully saturated rings. The van der Waals surface area contributed by atoms with Crippen molar-refractivity contribution in [2.24, 2.45) is 5.92 Å². The summed E-state index contributed by atoms with van der Waals surface area (Å²) in [6.07, 6.45) is 1.29. The van der Waals surface area contributed by atoms with Crippen molar-refractivity contribution < 1.29 is 33.0 Å². The lowest BCUT2D eigenvalue weighted by Gasteiger charge is -2.43. The van der Waals surface area contributed by atoms with E-state index in [9.17, 15) is 18.8 Å². The Morgan fingerprint density at radius 2 is 1.59 bits per heavy atom. The zero-order valence-corrected chi connectivity index (χ0v) is 22.7. The number of carbonyl (C=O) groups excluding carboxylic acids is 3. The Morgan fingerprint density at radius 3 is 2.29 bits per heavy atom. The molecule has 0 saturated carbocycles. The molecule has 2 saturated heterocycles. The SMILES string of the molecule is COc1cc(C(=O)[C@@H]2[C@@H]3CCCN3[C@@]3(C(=O)Nc4ccc(F)cc43)[C@@]23C(=O)Nc2ccccc23)cc(OC)c1OC. The van der Waals surface area contributed by atoms with Gasteiger partial charge in [-0.1, -0.05) is 18.2 Å². The molecule has 0 unspecified atom stereocenters. The van der Waals surface area contributed by atoms with E-state index >= 15 is 0 Å². The van der Waals surface area contributed by atoms with E-state index in [-0.39, 0.29) is 11.3 Å². The molecular formula is C31H28FN3O6. The number of Topliss-reactive ketones (excluding diaryl/α,β-unsaturated/α-hetero) is 1. The molecule has 2 N–H and O–H groups in total. The van der Waals surface area contributed by atoms with Gasteiger partial charge in [0.25, 0.3) is 5.91 Å². The number of hydrogen-bond donors (Lipinski definition) is 2. The van der Waals surface area contributed by atoms with Crippen molar-refractivity contribution in [2.45, 2.75) is 29.8 Å². The molecule has 2 amide bonds. The number of halogens is 1. The van der Waals surface area contributed by atoms with Crippen LogP contribution in [0.4, 0.5) is 15.8 Å².